The fraction of sp³-hybridized carbons (Fsp3) is 0.235. The van der Waals surface area contributed by atoms with Gasteiger partial charge in [0.15, 0.2) is 11.3 Å². The Labute approximate surface area is 149 Å². The lowest BCUT2D eigenvalue weighted by molar-refractivity contribution is 0.0934. The smallest absolute Gasteiger partial charge is 0.273 e. The molecule has 0 aliphatic carbocycles. The van der Waals surface area contributed by atoms with Crippen LogP contribution in [0.3, 0.4) is 0 Å². The highest BCUT2D eigenvalue weighted by atomic mass is 35.5. The van der Waals surface area contributed by atoms with Crippen molar-refractivity contribution in [3.8, 4) is 11.5 Å². The third-order valence-corrected chi connectivity index (χ3v) is 4.15. The molecule has 0 spiro atoms. The molecule has 2 heterocycles. The molecule has 130 valence electrons. The lowest BCUT2D eigenvalue weighted by atomic mass is 10.1. The van der Waals surface area contributed by atoms with Crippen LogP contribution in [0.5, 0.6) is 11.5 Å². The molecule has 25 heavy (non-hydrogen) atoms. The second kappa shape index (κ2) is 6.98. The number of methoxy groups -OCH3 is 2. The maximum absolute atomic E-state index is 12.6. The topological polar surface area (TPSA) is 77.8 Å². The SMILES string of the molecule is COc1ccc(OC)c([C@@H](C)NC(=O)c2nn3cccnc3c2Cl)c1. The van der Waals surface area contributed by atoms with Gasteiger partial charge >= 0.3 is 0 Å². The predicted molar refractivity (Wildman–Crippen MR) is 93.4 cm³/mol. The van der Waals surface area contributed by atoms with Gasteiger partial charge < -0.3 is 14.8 Å². The first-order valence-electron chi connectivity index (χ1n) is 7.56. The van der Waals surface area contributed by atoms with Crippen LogP contribution in [0.4, 0.5) is 0 Å². The predicted octanol–water partition coefficient (Wildman–Crippen LogP) is 2.89. The first-order valence-corrected chi connectivity index (χ1v) is 7.94. The average molecular weight is 361 g/mol. The molecule has 0 saturated carbocycles. The number of fused-ring (bicyclic) bond motifs is 1. The van der Waals surface area contributed by atoms with Crippen molar-refractivity contribution in [2.45, 2.75) is 13.0 Å². The summed E-state index contributed by atoms with van der Waals surface area (Å²) in [6.07, 6.45) is 3.27. The van der Waals surface area contributed by atoms with E-state index in [1.807, 2.05) is 13.0 Å². The Bertz CT molecular complexity index is 925. The van der Waals surface area contributed by atoms with Gasteiger partial charge in [0, 0.05) is 18.0 Å². The fourth-order valence-corrected chi connectivity index (χ4v) is 2.78. The third kappa shape index (κ3) is 3.23. The van der Waals surface area contributed by atoms with E-state index in [2.05, 4.69) is 15.4 Å². The van der Waals surface area contributed by atoms with Crippen molar-refractivity contribution in [1.82, 2.24) is 19.9 Å². The number of carbonyl (C=O) groups is 1. The van der Waals surface area contributed by atoms with E-state index in [0.29, 0.717) is 17.1 Å². The lowest BCUT2D eigenvalue weighted by Crippen LogP contribution is -2.27. The summed E-state index contributed by atoms with van der Waals surface area (Å²) in [5.74, 6) is 0.927. The van der Waals surface area contributed by atoms with Crippen molar-refractivity contribution >= 4 is 23.2 Å². The molecule has 0 aliphatic heterocycles. The quantitative estimate of drug-likeness (QED) is 0.757. The number of amides is 1. The standard InChI is InChI=1S/C17H17ClN4O3/c1-10(12-9-11(24-2)5-6-13(12)25-3)20-17(23)15-14(18)16-19-7-4-8-22(16)21-15/h4-10H,1-3H3,(H,20,23)/t10-/m1/s1. The second-order valence-electron chi connectivity index (χ2n) is 5.35. The van der Waals surface area contributed by atoms with Gasteiger partial charge in [0.05, 0.1) is 20.3 Å². The number of ether oxygens (including phenoxy) is 2. The summed E-state index contributed by atoms with van der Waals surface area (Å²) in [5, 5.41) is 7.28. The van der Waals surface area contributed by atoms with Crippen molar-refractivity contribution in [3.63, 3.8) is 0 Å². The van der Waals surface area contributed by atoms with E-state index in [1.165, 1.54) is 4.52 Å². The minimum absolute atomic E-state index is 0.120. The van der Waals surface area contributed by atoms with Crippen molar-refractivity contribution in [3.05, 3.63) is 52.9 Å². The summed E-state index contributed by atoms with van der Waals surface area (Å²) in [7, 11) is 3.16. The molecule has 1 N–H and O–H groups in total. The average Bonchev–Trinajstić information content (AvgIpc) is 2.98. The number of carbonyl (C=O) groups excluding carboxylic acids is 1. The Morgan fingerprint density at radius 1 is 1.32 bits per heavy atom. The number of hydrogen-bond acceptors (Lipinski definition) is 5. The van der Waals surface area contributed by atoms with Gasteiger partial charge in [0.1, 0.15) is 16.5 Å². The first kappa shape index (κ1) is 17.0. The van der Waals surface area contributed by atoms with Crippen LogP contribution in [0, 0.1) is 0 Å². The van der Waals surface area contributed by atoms with Crippen LogP contribution in [0.15, 0.2) is 36.7 Å². The van der Waals surface area contributed by atoms with E-state index in [4.69, 9.17) is 21.1 Å². The van der Waals surface area contributed by atoms with Crippen LogP contribution in [0.2, 0.25) is 5.02 Å². The van der Waals surface area contributed by atoms with Crippen LogP contribution in [0.25, 0.3) is 5.65 Å². The molecule has 0 aliphatic rings. The molecular weight excluding hydrogens is 344 g/mol. The highest BCUT2D eigenvalue weighted by molar-refractivity contribution is 6.36. The molecule has 3 aromatic rings. The molecule has 1 amide bonds. The largest absolute Gasteiger partial charge is 0.497 e. The number of nitrogens with zero attached hydrogens (tertiary/aromatic N) is 3. The molecule has 1 aromatic carbocycles. The van der Waals surface area contributed by atoms with Gasteiger partial charge in [-0.1, -0.05) is 11.6 Å². The normalized spacial score (nSPS) is 12.0. The van der Waals surface area contributed by atoms with E-state index < -0.39 is 5.91 Å². The molecular formula is C17H17ClN4O3. The molecule has 0 saturated heterocycles. The summed E-state index contributed by atoms with van der Waals surface area (Å²) in [5.41, 5.74) is 1.34. The minimum Gasteiger partial charge on any atom is -0.497 e. The van der Waals surface area contributed by atoms with Gasteiger partial charge in [-0.3, -0.25) is 4.79 Å². The van der Waals surface area contributed by atoms with Crippen molar-refractivity contribution in [2.75, 3.05) is 14.2 Å². The Balaban J connectivity index is 1.88. The molecule has 0 unspecified atom stereocenters. The first-order chi connectivity index (χ1) is 12.0. The van der Waals surface area contributed by atoms with Gasteiger partial charge in [-0.25, -0.2) is 9.50 Å². The molecule has 0 bridgehead atoms. The Morgan fingerprint density at radius 3 is 2.80 bits per heavy atom. The van der Waals surface area contributed by atoms with Gasteiger partial charge in [0.25, 0.3) is 5.91 Å². The van der Waals surface area contributed by atoms with E-state index in [-0.39, 0.29) is 16.8 Å². The second-order valence-corrected chi connectivity index (χ2v) is 5.73. The van der Waals surface area contributed by atoms with Crippen LogP contribution < -0.4 is 14.8 Å². The van der Waals surface area contributed by atoms with Gasteiger partial charge in [-0.15, -0.1) is 0 Å². The maximum Gasteiger partial charge on any atom is 0.273 e. The summed E-state index contributed by atoms with van der Waals surface area (Å²) in [4.78, 5) is 16.7. The Hall–Kier alpha value is -2.80. The summed E-state index contributed by atoms with van der Waals surface area (Å²) in [6.45, 7) is 1.84. The molecule has 1 atom stereocenters. The van der Waals surface area contributed by atoms with Crippen molar-refractivity contribution in [2.24, 2.45) is 0 Å². The molecule has 0 radical (unpaired) electrons. The van der Waals surface area contributed by atoms with Crippen LogP contribution in [0.1, 0.15) is 29.0 Å². The maximum atomic E-state index is 12.6. The van der Waals surface area contributed by atoms with Gasteiger partial charge in [0.2, 0.25) is 0 Å². The molecule has 3 rings (SSSR count). The zero-order valence-electron chi connectivity index (χ0n) is 14.0. The van der Waals surface area contributed by atoms with Crippen LogP contribution >= 0.6 is 11.6 Å². The van der Waals surface area contributed by atoms with E-state index >= 15 is 0 Å². The number of aromatic nitrogens is 3. The van der Waals surface area contributed by atoms with Gasteiger partial charge in [-0.05, 0) is 31.2 Å². The minimum atomic E-state index is -0.395. The number of halogens is 1. The summed E-state index contributed by atoms with van der Waals surface area (Å²) in [6, 6.07) is 6.77. The van der Waals surface area contributed by atoms with Crippen LogP contribution in [-0.4, -0.2) is 34.7 Å². The third-order valence-electron chi connectivity index (χ3n) is 3.81. The number of nitrogens with one attached hydrogen (secondary N) is 1. The monoisotopic (exact) mass is 360 g/mol. The zero-order valence-corrected chi connectivity index (χ0v) is 14.7. The number of rotatable bonds is 5. The Kier molecular flexibility index (Phi) is 4.76. The lowest BCUT2D eigenvalue weighted by Gasteiger charge is -2.17. The Morgan fingerprint density at radius 2 is 2.12 bits per heavy atom. The highest BCUT2D eigenvalue weighted by Gasteiger charge is 2.22. The fourth-order valence-electron chi connectivity index (χ4n) is 2.52. The van der Waals surface area contributed by atoms with E-state index in [9.17, 15) is 4.79 Å². The highest BCUT2D eigenvalue weighted by Crippen LogP contribution is 2.29. The molecule has 2 aromatic heterocycles. The molecule has 7 nitrogen and oxygen atoms in total. The summed E-state index contributed by atoms with van der Waals surface area (Å²) < 4.78 is 12.1. The number of hydrogen-bond donors (Lipinski definition) is 1. The summed E-state index contributed by atoms with van der Waals surface area (Å²) >= 11 is 6.24. The molecule has 8 heteroatoms. The van der Waals surface area contributed by atoms with Crippen LogP contribution in [-0.2, 0) is 0 Å². The van der Waals surface area contributed by atoms with Gasteiger partial charge in [-0.2, -0.15) is 5.10 Å². The zero-order chi connectivity index (χ0) is 18.0. The van der Waals surface area contributed by atoms with E-state index in [1.54, 1.807) is 44.8 Å². The number of benzene rings is 1. The van der Waals surface area contributed by atoms with Crippen molar-refractivity contribution < 1.29 is 14.3 Å². The molecule has 0 fully saturated rings. The van der Waals surface area contributed by atoms with Crippen molar-refractivity contribution in [1.29, 1.82) is 0 Å². The van der Waals surface area contributed by atoms with E-state index in [0.717, 1.165) is 5.56 Å².